The maximum absolute atomic E-state index is 12.2. The third kappa shape index (κ3) is 5.26. The van der Waals surface area contributed by atoms with Crippen molar-refractivity contribution < 1.29 is 4.79 Å². The van der Waals surface area contributed by atoms with E-state index in [2.05, 4.69) is 49.7 Å². The van der Waals surface area contributed by atoms with Crippen LogP contribution in [0.25, 0.3) is 22.2 Å². The summed E-state index contributed by atoms with van der Waals surface area (Å²) in [4.78, 5) is 27.9. The zero-order valence-electron chi connectivity index (χ0n) is 23.1. The maximum Gasteiger partial charge on any atom is 0.319 e. The van der Waals surface area contributed by atoms with Gasteiger partial charge in [-0.25, -0.2) is 14.8 Å². The third-order valence-electron chi connectivity index (χ3n) is 8.69. The Morgan fingerprint density at radius 3 is 2.27 bits per heavy atom. The Hall–Kier alpha value is -3.95. The number of nitrogen functional groups attached to an aromatic ring is 1. The van der Waals surface area contributed by atoms with Gasteiger partial charge in [0.1, 0.15) is 17.8 Å². The first-order valence-electron chi connectivity index (χ1n) is 14.2. The van der Waals surface area contributed by atoms with E-state index in [4.69, 9.17) is 11.5 Å². The summed E-state index contributed by atoms with van der Waals surface area (Å²) in [6, 6.07) is 18.3. The van der Waals surface area contributed by atoms with Gasteiger partial charge in [0.15, 0.2) is 0 Å². The molecular formula is C31H38N8O. The number of nitrogens with two attached hydrogens (primary N) is 2. The fourth-order valence-corrected chi connectivity index (χ4v) is 6.37. The SMILES string of the molecule is CN1CCN([C@H]2CC[C@@H](n3cc(-c4ccc(CN(C(N)=O)c5ccccc5)cc4)c4c(N)ncnc43)CC2)CC1. The van der Waals surface area contributed by atoms with E-state index < -0.39 is 6.03 Å². The Morgan fingerprint density at radius 1 is 0.925 bits per heavy atom. The maximum atomic E-state index is 12.2. The summed E-state index contributed by atoms with van der Waals surface area (Å²) in [6.07, 6.45) is 8.45. The molecule has 2 fully saturated rings. The van der Waals surface area contributed by atoms with E-state index in [1.165, 1.54) is 25.9 Å². The molecule has 40 heavy (non-hydrogen) atoms. The van der Waals surface area contributed by atoms with Crippen LogP contribution >= 0.6 is 0 Å². The number of anilines is 2. The number of nitrogens with zero attached hydrogens (tertiary/aromatic N) is 6. The van der Waals surface area contributed by atoms with Crippen LogP contribution in [0.5, 0.6) is 0 Å². The van der Waals surface area contributed by atoms with Gasteiger partial charge in [-0.15, -0.1) is 0 Å². The number of para-hydroxylation sites is 1. The van der Waals surface area contributed by atoms with Gasteiger partial charge in [-0.05, 0) is 56.0 Å². The third-order valence-corrected chi connectivity index (χ3v) is 8.69. The van der Waals surface area contributed by atoms with Crippen LogP contribution < -0.4 is 16.4 Å². The van der Waals surface area contributed by atoms with Crippen LogP contribution in [0.3, 0.4) is 0 Å². The van der Waals surface area contributed by atoms with Gasteiger partial charge in [0.05, 0.1) is 11.9 Å². The van der Waals surface area contributed by atoms with E-state index in [1.807, 2.05) is 42.5 Å². The van der Waals surface area contributed by atoms with Crippen LogP contribution in [0.4, 0.5) is 16.3 Å². The zero-order chi connectivity index (χ0) is 27.6. The predicted octanol–water partition coefficient (Wildman–Crippen LogP) is 4.50. The Morgan fingerprint density at radius 2 is 1.60 bits per heavy atom. The van der Waals surface area contributed by atoms with Crippen molar-refractivity contribution in [3.63, 3.8) is 0 Å². The summed E-state index contributed by atoms with van der Waals surface area (Å²) in [5.74, 6) is 0.498. The Kier molecular flexibility index (Phi) is 7.40. The molecular weight excluding hydrogens is 500 g/mol. The van der Waals surface area contributed by atoms with Crippen LogP contribution in [-0.2, 0) is 6.54 Å². The first-order valence-corrected chi connectivity index (χ1v) is 14.2. The molecule has 0 spiro atoms. The number of carbonyl (C=O) groups excluding carboxylic acids is 1. The molecule has 6 rings (SSSR count). The van der Waals surface area contributed by atoms with Gasteiger partial charge < -0.3 is 20.9 Å². The van der Waals surface area contributed by atoms with Crippen LogP contribution in [0.15, 0.2) is 67.1 Å². The Labute approximate surface area is 235 Å². The van der Waals surface area contributed by atoms with Crippen LogP contribution in [0, 0.1) is 0 Å². The van der Waals surface area contributed by atoms with E-state index in [1.54, 1.807) is 11.2 Å². The molecule has 2 amide bonds. The molecule has 1 saturated heterocycles. The first kappa shape index (κ1) is 26.3. The summed E-state index contributed by atoms with van der Waals surface area (Å²) in [5.41, 5.74) is 16.9. The highest BCUT2D eigenvalue weighted by atomic mass is 16.2. The van der Waals surface area contributed by atoms with Crippen molar-refractivity contribution in [2.24, 2.45) is 5.73 Å². The molecule has 9 nitrogen and oxygen atoms in total. The average molecular weight is 539 g/mol. The van der Waals surface area contributed by atoms with Crippen LogP contribution in [-0.4, -0.2) is 69.6 Å². The van der Waals surface area contributed by atoms with Crippen LogP contribution in [0.2, 0.25) is 0 Å². The van der Waals surface area contributed by atoms with Crippen molar-refractivity contribution in [1.29, 1.82) is 0 Å². The highest BCUT2D eigenvalue weighted by Crippen LogP contribution is 2.39. The van der Waals surface area contributed by atoms with Gasteiger partial charge in [-0.2, -0.15) is 0 Å². The summed E-state index contributed by atoms with van der Waals surface area (Å²) in [5, 5.41) is 0.902. The minimum absolute atomic E-state index is 0.392. The molecule has 2 aliphatic rings. The number of likely N-dealkylation sites (N-methyl/N-ethyl adjacent to an activating group) is 1. The van der Waals surface area contributed by atoms with Crippen molar-refractivity contribution in [3.05, 3.63) is 72.7 Å². The van der Waals surface area contributed by atoms with Gasteiger partial charge in [0, 0.05) is 55.7 Å². The first-order chi connectivity index (χ1) is 19.5. The number of fused-ring (bicyclic) bond motifs is 1. The number of urea groups is 1. The summed E-state index contributed by atoms with van der Waals surface area (Å²) >= 11 is 0. The second-order valence-electron chi connectivity index (χ2n) is 11.2. The Balaban J connectivity index is 1.23. The highest BCUT2D eigenvalue weighted by Gasteiger charge is 2.30. The number of hydrogen-bond donors (Lipinski definition) is 2. The molecule has 3 heterocycles. The topological polar surface area (TPSA) is 110 Å². The molecule has 1 aliphatic carbocycles. The molecule has 0 bridgehead atoms. The molecule has 0 atom stereocenters. The number of benzene rings is 2. The molecule has 4 aromatic rings. The van der Waals surface area contributed by atoms with Crippen molar-refractivity contribution in [2.45, 2.75) is 44.3 Å². The second kappa shape index (κ2) is 11.3. The van der Waals surface area contributed by atoms with E-state index >= 15 is 0 Å². The normalized spacial score (nSPS) is 20.5. The minimum Gasteiger partial charge on any atom is -0.383 e. The molecule has 0 unspecified atom stereocenters. The minimum atomic E-state index is -0.481. The highest BCUT2D eigenvalue weighted by molar-refractivity contribution is 6.00. The number of aromatic nitrogens is 3. The summed E-state index contributed by atoms with van der Waals surface area (Å²) in [7, 11) is 2.21. The molecule has 2 aromatic heterocycles. The van der Waals surface area contributed by atoms with Gasteiger partial charge in [-0.3, -0.25) is 9.80 Å². The fraction of sp³-hybridized carbons (Fsp3) is 0.387. The van der Waals surface area contributed by atoms with Gasteiger partial charge >= 0.3 is 6.03 Å². The molecule has 0 radical (unpaired) electrons. The summed E-state index contributed by atoms with van der Waals surface area (Å²) < 4.78 is 2.33. The standard InChI is InChI=1S/C31H38N8O/c1-36-15-17-37(18-16-36)24-11-13-26(14-12-24)38-20-27(28-29(32)34-21-35-30(28)38)23-9-7-22(8-10-23)19-39(31(33)40)25-5-3-2-4-6-25/h2-10,20-21,24,26H,11-19H2,1H3,(H2,33,40)(H2,32,34,35)/t24-,26+. The fourth-order valence-electron chi connectivity index (χ4n) is 6.37. The van der Waals surface area contributed by atoms with Crippen molar-refractivity contribution in [2.75, 3.05) is 43.9 Å². The number of carbonyl (C=O) groups is 1. The van der Waals surface area contributed by atoms with E-state index in [0.717, 1.165) is 59.3 Å². The van der Waals surface area contributed by atoms with Crippen molar-refractivity contribution in [1.82, 2.24) is 24.3 Å². The Bertz CT molecular complexity index is 1450. The molecule has 4 N–H and O–H groups in total. The molecule has 1 saturated carbocycles. The monoisotopic (exact) mass is 538 g/mol. The average Bonchev–Trinajstić information content (AvgIpc) is 3.38. The number of amides is 2. The van der Waals surface area contributed by atoms with Crippen molar-refractivity contribution in [3.8, 4) is 11.1 Å². The predicted molar refractivity (Wildman–Crippen MR) is 160 cm³/mol. The number of hydrogen-bond acceptors (Lipinski definition) is 6. The van der Waals surface area contributed by atoms with Gasteiger partial charge in [-0.1, -0.05) is 42.5 Å². The number of piperazine rings is 1. The molecule has 9 heteroatoms. The number of rotatable bonds is 6. The number of primary amides is 1. The lowest BCUT2D eigenvalue weighted by Gasteiger charge is -2.41. The molecule has 208 valence electrons. The zero-order valence-corrected chi connectivity index (χ0v) is 23.1. The lowest BCUT2D eigenvalue weighted by atomic mass is 9.89. The summed E-state index contributed by atoms with van der Waals surface area (Å²) in [6.45, 7) is 5.05. The lowest BCUT2D eigenvalue weighted by molar-refractivity contribution is 0.0828. The molecule has 1 aliphatic heterocycles. The van der Waals surface area contributed by atoms with E-state index in [-0.39, 0.29) is 0 Å². The quantitative estimate of drug-likeness (QED) is 0.374. The van der Waals surface area contributed by atoms with E-state index in [0.29, 0.717) is 24.4 Å². The second-order valence-corrected chi connectivity index (χ2v) is 11.2. The largest absolute Gasteiger partial charge is 0.383 e. The van der Waals surface area contributed by atoms with Gasteiger partial charge in [0.2, 0.25) is 0 Å². The van der Waals surface area contributed by atoms with E-state index in [9.17, 15) is 4.79 Å². The van der Waals surface area contributed by atoms with Gasteiger partial charge in [0.25, 0.3) is 0 Å². The lowest BCUT2D eigenvalue weighted by Crippen LogP contribution is -2.49. The van der Waals surface area contributed by atoms with Crippen LogP contribution in [0.1, 0.15) is 37.3 Å². The smallest absolute Gasteiger partial charge is 0.319 e. The van der Waals surface area contributed by atoms with Crippen molar-refractivity contribution >= 4 is 28.6 Å². The molecule has 2 aromatic carbocycles.